The van der Waals surface area contributed by atoms with Crippen LogP contribution in [0.4, 0.5) is 10.1 Å². The fraction of sp³-hybridized carbons (Fsp3) is 0.182. The molecule has 2 heterocycles. The number of ether oxygens (including phenoxy) is 1. The maximum absolute atomic E-state index is 11.7. The van der Waals surface area contributed by atoms with Crippen LogP contribution in [0.5, 0.6) is 0 Å². The summed E-state index contributed by atoms with van der Waals surface area (Å²) in [6.45, 7) is 1.30. The quantitative estimate of drug-likeness (QED) is 0.513. The second-order valence-corrected chi connectivity index (χ2v) is 5.72. The summed E-state index contributed by atoms with van der Waals surface area (Å²) in [6, 6.07) is 2.59. The standard InChI is InChI=1S/C11H9N3O5S2/c1-6(15)12-11-13-7(5-20-11)4-19-10(16)8-2-3-9(21-8)14(17)18/h2-3,5H,4H2,1H3,(H,12,13,15). The third-order valence-corrected chi connectivity index (χ3v) is 3.98. The van der Waals surface area contributed by atoms with Gasteiger partial charge in [-0.3, -0.25) is 14.9 Å². The SMILES string of the molecule is CC(=O)Nc1nc(COC(=O)c2ccc([N+](=O)[O-])s2)cs1. The first-order valence-electron chi connectivity index (χ1n) is 5.59. The van der Waals surface area contributed by atoms with E-state index in [9.17, 15) is 19.7 Å². The Morgan fingerprint density at radius 3 is 2.86 bits per heavy atom. The van der Waals surface area contributed by atoms with Crippen molar-refractivity contribution in [2.75, 3.05) is 5.32 Å². The Bertz CT molecular complexity index is 694. The molecule has 110 valence electrons. The minimum Gasteiger partial charge on any atom is -0.455 e. The van der Waals surface area contributed by atoms with Crippen molar-refractivity contribution in [3.8, 4) is 0 Å². The molecule has 1 N–H and O–H groups in total. The number of nitro groups is 1. The summed E-state index contributed by atoms with van der Waals surface area (Å²) in [5, 5.41) is 15.0. The zero-order chi connectivity index (χ0) is 15.4. The van der Waals surface area contributed by atoms with Crippen molar-refractivity contribution in [3.63, 3.8) is 0 Å². The predicted octanol–water partition coefficient (Wildman–Crippen LogP) is 2.43. The van der Waals surface area contributed by atoms with Crippen LogP contribution in [0.15, 0.2) is 17.5 Å². The summed E-state index contributed by atoms with van der Waals surface area (Å²) in [7, 11) is 0. The van der Waals surface area contributed by atoms with E-state index in [1.807, 2.05) is 0 Å². The molecule has 10 heteroatoms. The zero-order valence-electron chi connectivity index (χ0n) is 10.7. The van der Waals surface area contributed by atoms with Crippen molar-refractivity contribution in [3.05, 3.63) is 38.2 Å². The number of amides is 1. The monoisotopic (exact) mass is 327 g/mol. The molecule has 0 aliphatic rings. The molecule has 0 aliphatic carbocycles. The van der Waals surface area contributed by atoms with Gasteiger partial charge >= 0.3 is 11.0 Å². The maximum atomic E-state index is 11.7. The molecule has 0 unspecified atom stereocenters. The molecule has 2 rings (SSSR count). The lowest BCUT2D eigenvalue weighted by Crippen LogP contribution is -2.06. The first kappa shape index (κ1) is 15.1. The summed E-state index contributed by atoms with van der Waals surface area (Å²) < 4.78 is 5.01. The average Bonchev–Trinajstić information content (AvgIpc) is 3.04. The van der Waals surface area contributed by atoms with Gasteiger partial charge < -0.3 is 10.1 Å². The number of rotatable bonds is 5. The van der Waals surface area contributed by atoms with Crippen molar-refractivity contribution in [1.82, 2.24) is 4.98 Å². The molecule has 0 aliphatic heterocycles. The van der Waals surface area contributed by atoms with E-state index >= 15 is 0 Å². The molecule has 8 nitrogen and oxygen atoms in total. The molecule has 0 radical (unpaired) electrons. The molecule has 1 amide bonds. The molecule has 0 fully saturated rings. The molecular formula is C11H9N3O5S2. The number of anilines is 1. The van der Waals surface area contributed by atoms with E-state index in [1.165, 1.54) is 30.4 Å². The van der Waals surface area contributed by atoms with Gasteiger partial charge in [-0.2, -0.15) is 0 Å². The van der Waals surface area contributed by atoms with Crippen LogP contribution in [0.3, 0.4) is 0 Å². The van der Waals surface area contributed by atoms with Gasteiger partial charge in [-0.05, 0) is 6.07 Å². The highest BCUT2D eigenvalue weighted by molar-refractivity contribution is 7.17. The van der Waals surface area contributed by atoms with E-state index in [-0.39, 0.29) is 22.4 Å². The highest BCUT2D eigenvalue weighted by Gasteiger charge is 2.16. The van der Waals surface area contributed by atoms with Gasteiger partial charge in [0.05, 0.1) is 10.6 Å². The van der Waals surface area contributed by atoms with Gasteiger partial charge in [0.25, 0.3) is 0 Å². The number of hydrogen-bond donors (Lipinski definition) is 1. The zero-order valence-corrected chi connectivity index (χ0v) is 12.3. The van der Waals surface area contributed by atoms with E-state index in [0.717, 1.165) is 11.3 Å². The molecule has 0 saturated heterocycles. The van der Waals surface area contributed by atoms with E-state index in [0.29, 0.717) is 10.8 Å². The minimum atomic E-state index is -0.651. The third-order valence-electron chi connectivity index (χ3n) is 2.16. The van der Waals surface area contributed by atoms with Crippen molar-refractivity contribution < 1.29 is 19.2 Å². The fourth-order valence-electron chi connectivity index (χ4n) is 1.33. The van der Waals surface area contributed by atoms with Crippen molar-refractivity contribution in [2.24, 2.45) is 0 Å². The number of nitrogens with one attached hydrogen (secondary N) is 1. The lowest BCUT2D eigenvalue weighted by molar-refractivity contribution is -0.380. The average molecular weight is 327 g/mol. The predicted molar refractivity (Wildman–Crippen MR) is 76.5 cm³/mol. The van der Waals surface area contributed by atoms with Crippen molar-refractivity contribution in [1.29, 1.82) is 0 Å². The van der Waals surface area contributed by atoms with Crippen LogP contribution in [0.25, 0.3) is 0 Å². The van der Waals surface area contributed by atoms with Gasteiger partial charge in [0.2, 0.25) is 5.91 Å². The third kappa shape index (κ3) is 4.07. The lowest BCUT2D eigenvalue weighted by Gasteiger charge is -1.99. The Morgan fingerprint density at radius 2 is 2.24 bits per heavy atom. The van der Waals surface area contributed by atoms with Crippen molar-refractivity contribution >= 4 is 44.7 Å². The van der Waals surface area contributed by atoms with Gasteiger partial charge in [0.15, 0.2) is 5.13 Å². The van der Waals surface area contributed by atoms with E-state index in [2.05, 4.69) is 10.3 Å². The summed E-state index contributed by atoms with van der Waals surface area (Å²) in [5.74, 6) is -0.888. The number of aromatic nitrogens is 1. The molecular weight excluding hydrogens is 318 g/mol. The van der Waals surface area contributed by atoms with E-state index in [4.69, 9.17) is 4.74 Å². The molecule has 0 saturated carbocycles. The lowest BCUT2D eigenvalue weighted by atomic mass is 10.4. The minimum absolute atomic E-state index is 0.0688. The van der Waals surface area contributed by atoms with Gasteiger partial charge in [-0.15, -0.1) is 11.3 Å². The number of carbonyl (C=O) groups is 2. The Morgan fingerprint density at radius 1 is 1.48 bits per heavy atom. The fourth-order valence-corrected chi connectivity index (χ4v) is 2.78. The highest BCUT2D eigenvalue weighted by atomic mass is 32.1. The van der Waals surface area contributed by atoms with Crippen LogP contribution in [0, 0.1) is 10.1 Å². The second-order valence-electron chi connectivity index (χ2n) is 3.80. The number of esters is 1. The van der Waals surface area contributed by atoms with Crippen LogP contribution < -0.4 is 5.32 Å². The van der Waals surface area contributed by atoms with E-state index < -0.39 is 10.9 Å². The summed E-state index contributed by atoms with van der Waals surface area (Å²) >= 11 is 1.96. The highest BCUT2D eigenvalue weighted by Crippen LogP contribution is 2.25. The largest absolute Gasteiger partial charge is 0.455 e. The molecule has 0 atom stereocenters. The Balaban J connectivity index is 1.92. The summed E-state index contributed by atoms with van der Waals surface area (Å²) in [4.78, 5) is 36.7. The molecule has 0 aromatic carbocycles. The number of thiophene rings is 1. The van der Waals surface area contributed by atoms with Crippen LogP contribution in [-0.4, -0.2) is 21.8 Å². The van der Waals surface area contributed by atoms with E-state index in [1.54, 1.807) is 5.38 Å². The van der Waals surface area contributed by atoms with Gasteiger partial charge in [0, 0.05) is 18.4 Å². The summed E-state index contributed by atoms with van der Waals surface area (Å²) in [6.07, 6.45) is 0. The topological polar surface area (TPSA) is 111 Å². The maximum Gasteiger partial charge on any atom is 0.348 e. The summed E-state index contributed by atoms with van der Waals surface area (Å²) in [5.41, 5.74) is 0.489. The van der Waals surface area contributed by atoms with Crippen molar-refractivity contribution in [2.45, 2.75) is 13.5 Å². The number of nitrogens with zero attached hydrogens (tertiary/aromatic N) is 2. The first-order chi connectivity index (χ1) is 9.95. The normalized spacial score (nSPS) is 10.1. The second kappa shape index (κ2) is 6.41. The number of carbonyl (C=O) groups excluding carboxylic acids is 2. The van der Waals surface area contributed by atoms with Gasteiger partial charge in [-0.1, -0.05) is 11.3 Å². The van der Waals surface area contributed by atoms with Gasteiger partial charge in [-0.25, -0.2) is 9.78 Å². The molecule has 2 aromatic heterocycles. The number of hydrogen-bond acceptors (Lipinski definition) is 8. The van der Waals surface area contributed by atoms with Crippen LogP contribution >= 0.6 is 22.7 Å². The smallest absolute Gasteiger partial charge is 0.348 e. The van der Waals surface area contributed by atoms with Gasteiger partial charge in [0.1, 0.15) is 11.5 Å². The first-order valence-corrected chi connectivity index (χ1v) is 7.28. The molecule has 2 aromatic rings. The van der Waals surface area contributed by atoms with Crippen LogP contribution in [-0.2, 0) is 16.1 Å². The molecule has 21 heavy (non-hydrogen) atoms. The molecule has 0 bridgehead atoms. The van der Waals surface area contributed by atoms with Crippen LogP contribution in [0.1, 0.15) is 22.3 Å². The Kier molecular flexibility index (Phi) is 4.60. The van der Waals surface area contributed by atoms with Crippen LogP contribution in [0.2, 0.25) is 0 Å². The Hall–Kier alpha value is -2.33. The Labute approximate surface area is 126 Å². The number of thiazole rings is 1. The molecule has 0 spiro atoms.